The lowest BCUT2D eigenvalue weighted by Gasteiger charge is -2.16. The van der Waals surface area contributed by atoms with Crippen molar-refractivity contribution in [2.75, 3.05) is 0 Å². The Morgan fingerprint density at radius 3 is 2.16 bits per heavy atom. The Balaban J connectivity index is 3.79. The van der Waals surface area contributed by atoms with E-state index in [1.165, 1.54) is 0 Å². The first-order chi connectivity index (χ1) is 8.48. The van der Waals surface area contributed by atoms with Gasteiger partial charge in [-0.2, -0.15) is 13.2 Å². The lowest BCUT2D eigenvalue weighted by Crippen LogP contribution is -2.23. The van der Waals surface area contributed by atoms with E-state index in [-0.39, 0.29) is 6.07 Å². The number of hydrogen-bond donors (Lipinski definition) is 2. The second-order valence-corrected chi connectivity index (χ2v) is 4.94. The van der Waals surface area contributed by atoms with Crippen molar-refractivity contribution in [1.29, 1.82) is 0 Å². The van der Waals surface area contributed by atoms with E-state index in [2.05, 4.69) is 10.1 Å². The summed E-state index contributed by atoms with van der Waals surface area (Å²) in [5.41, 5.74) is 1.12. The molecule has 0 aromatic carbocycles. The average Bonchev–Trinajstić information content (AvgIpc) is 2.24. The molecule has 0 aliphatic rings. The van der Waals surface area contributed by atoms with Gasteiger partial charge in [-0.05, 0) is 6.07 Å². The number of primary sulfonamides is 1. The third-order valence-electron chi connectivity index (χ3n) is 2.08. The number of nitrogens with zero attached hydrogens (tertiary/aromatic N) is 1. The highest BCUT2D eigenvalue weighted by Crippen LogP contribution is 2.37. The Labute approximate surface area is 104 Å². The van der Waals surface area contributed by atoms with Gasteiger partial charge in [0.25, 0.3) is 6.43 Å². The number of aromatic nitrogens is 1. The van der Waals surface area contributed by atoms with Crippen LogP contribution in [0.1, 0.15) is 23.4 Å². The zero-order valence-electron chi connectivity index (χ0n) is 9.08. The SMILES string of the molecule is NCc1nc(C(F)F)cc(S(N)(=O)=O)c1C(F)(F)F. The largest absolute Gasteiger partial charge is 0.419 e. The number of pyridine rings is 1. The zero-order chi connectivity index (χ0) is 15.0. The zero-order valence-corrected chi connectivity index (χ0v) is 9.89. The highest BCUT2D eigenvalue weighted by molar-refractivity contribution is 7.89. The van der Waals surface area contributed by atoms with E-state index in [4.69, 9.17) is 5.73 Å². The minimum Gasteiger partial charge on any atom is -0.325 e. The molecule has 4 N–H and O–H groups in total. The molecule has 0 unspecified atom stereocenters. The first-order valence-electron chi connectivity index (χ1n) is 4.60. The third-order valence-corrected chi connectivity index (χ3v) is 3.02. The molecule has 11 heteroatoms. The molecule has 19 heavy (non-hydrogen) atoms. The van der Waals surface area contributed by atoms with Crippen LogP contribution in [-0.2, 0) is 22.7 Å². The summed E-state index contributed by atoms with van der Waals surface area (Å²) in [4.78, 5) is 1.55. The standard InChI is InChI=1S/C8H8F5N3O2S/c9-7(10)3-1-5(19(15,17)18)6(8(11,12)13)4(2-14)16-3/h1,7H,2,14H2,(H2,15,17,18). The summed E-state index contributed by atoms with van der Waals surface area (Å²) in [5.74, 6) is 0. The molecule has 0 aliphatic heterocycles. The maximum absolute atomic E-state index is 12.8. The molecule has 1 aromatic rings. The van der Waals surface area contributed by atoms with Gasteiger partial charge in [-0.15, -0.1) is 0 Å². The van der Waals surface area contributed by atoms with Crippen molar-refractivity contribution in [3.05, 3.63) is 23.0 Å². The van der Waals surface area contributed by atoms with Gasteiger partial charge in [0.15, 0.2) is 0 Å². The summed E-state index contributed by atoms with van der Waals surface area (Å²) in [5, 5.41) is 4.61. The summed E-state index contributed by atoms with van der Waals surface area (Å²) < 4.78 is 85.4. The topological polar surface area (TPSA) is 99.1 Å². The Morgan fingerprint density at radius 1 is 1.32 bits per heavy atom. The van der Waals surface area contributed by atoms with Gasteiger partial charge in [-0.1, -0.05) is 0 Å². The highest BCUT2D eigenvalue weighted by Gasteiger charge is 2.40. The van der Waals surface area contributed by atoms with Gasteiger partial charge in [0.2, 0.25) is 10.0 Å². The van der Waals surface area contributed by atoms with Gasteiger partial charge in [-0.3, -0.25) is 0 Å². The van der Waals surface area contributed by atoms with Crippen LogP contribution in [0.25, 0.3) is 0 Å². The fourth-order valence-corrected chi connectivity index (χ4v) is 2.18. The molecule has 1 aromatic heterocycles. The summed E-state index contributed by atoms with van der Waals surface area (Å²) in [6.07, 6.45) is -8.39. The number of halogens is 5. The van der Waals surface area contributed by atoms with Gasteiger partial charge in [0.1, 0.15) is 5.69 Å². The number of rotatable bonds is 3. The van der Waals surface area contributed by atoms with Crippen molar-refractivity contribution >= 4 is 10.0 Å². The molecule has 1 heterocycles. The van der Waals surface area contributed by atoms with Crippen molar-refractivity contribution in [2.45, 2.75) is 24.0 Å². The molecule has 0 saturated carbocycles. The monoisotopic (exact) mass is 305 g/mol. The van der Waals surface area contributed by atoms with Crippen LogP contribution in [0.5, 0.6) is 0 Å². The summed E-state index contributed by atoms with van der Waals surface area (Å²) in [6.45, 7) is -0.863. The van der Waals surface area contributed by atoms with E-state index in [1.54, 1.807) is 0 Å². The molecular weight excluding hydrogens is 297 g/mol. The van der Waals surface area contributed by atoms with Crippen molar-refractivity contribution in [1.82, 2.24) is 4.98 Å². The smallest absolute Gasteiger partial charge is 0.325 e. The van der Waals surface area contributed by atoms with Crippen LogP contribution in [0, 0.1) is 0 Å². The first kappa shape index (κ1) is 15.7. The number of hydrogen-bond acceptors (Lipinski definition) is 4. The van der Waals surface area contributed by atoms with Crippen LogP contribution < -0.4 is 10.9 Å². The quantitative estimate of drug-likeness (QED) is 0.818. The van der Waals surface area contributed by atoms with E-state index in [0.717, 1.165) is 0 Å². The highest BCUT2D eigenvalue weighted by atomic mass is 32.2. The van der Waals surface area contributed by atoms with Gasteiger partial charge >= 0.3 is 6.18 Å². The second-order valence-electron chi connectivity index (χ2n) is 3.41. The molecule has 1 rings (SSSR count). The van der Waals surface area contributed by atoms with Gasteiger partial charge in [-0.25, -0.2) is 27.3 Å². The van der Waals surface area contributed by atoms with Crippen LogP contribution in [0.15, 0.2) is 11.0 Å². The molecule has 108 valence electrons. The van der Waals surface area contributed by atoms with Crippen molar-refractivity contribution < 1.29 is 30.4 Å². The normalized spacial score (nSPS) is 13.1. The maximum Gasteiger partial charge on any atom is 0.419 e. The molecule has 0 amide bonds. The maximum atomic E-state index is 12.8. The molecule has 0 aliphatic carbocycles. The molecule has 0 spiro atoms. The molecule has 0 radical (unpaired) electrons. The minimum absolute atomic E-state index is 0.0992. The van der Waals surface area contributed by atoms with E-state index in [9.17, 15) is 30.4 Å². The molecule has 0 saturated heterocycles. The van der Waals surface area contributed by atoms with Crippen LogP contribution in [-0.4, -0.2) is 13.4 Å². The van der Waals surface area contributed by atoms with Gasteiger partial charge < -0.3 is 5.73 Å². The molecular formula is C8H8F5N3O2S. The van der Waals surface area contributed by atoms with E-state index >= 15 is 0 Å². The van der Waals surface area contributed by atoms with E-state index in [1.807, 2.05) is 0 Å². The Bertz CT molecular complexity index is 585. The van der Waals surface area contributed by atoms with Gasteiger partial charge in [0, 0.05) is 6.54 Å². The fourth-order valence-electron chi connectivity index (χ4n) is 1.38. The van der Waals surface area contributed by atoms with Gasteiger partial charge in [0.05, 0.1) is 16.2 Å². The number of nitrogens with two attached hydrogens (primary N) is 2. The van der Waals surface area contributed by atoms with Crippen LogP contribution in [0.2, 0.25) is 0 Å². The predicted molar refractivity (Wildman–Crippen MR) is 53.5 cm³/mol. The third kappa shape index (κ3) is 3.36. The first-order valence-corrected chi connectivity index (χ1v) is 6.15. The molecule has 0 fully saturated rings. The minimum atomic E-state index is -5.13. The van der Waals surface area contributed by atoms with E-state index in [0.29, 0.717) is 0 Å². The lowest BCUT2D eigenvalue weighted by molar-refractivity contribution is -0.140. The van der Waals surface area contributed by atoms with Crippen molar-refractivity contribution in [3.63, 3.8) is 0 Å². The van der Waals surface area contributed by atoms with Crippen LogP contribution >= 0.6 is 0 Å². The average molecular weight is 305 g/mol. The predicted octanol–water partition coefficient (Wildman–Crippen LogP) is 1.14. The number of alkyl halides is 5. The van der Waals surface area contributed by atoms with Crippen LogP contribution in [0.4, 0.5) is 22.0 Å². The number of sulfonamides is 1. The summed E-state index contributed by atoms with van der Waals surface area (Å²) in [7, 11) is -4.85. The molecule has 0 atom stereocenters. The van der Waals surface area contributed by atoms with Crippen molar-refractivity contribution in [3.8, 4) is 0 Å². The fraction of sp³-hybridized carbons (Fsp3) is 0.375. The summed E-state index contributed by atoms with van der Waals surface area (Å²) >= 11 is 0. The Kier molecular flexibility index (Phi) is 4.12. The van der Waals surface area contributed by atoms with E-state index < -0.39 is 51.0 Å². The Hall–Kier alpha value is -1.33. The second kappa shape index (κ2) is 4.98. The molecule has 0 bridgehead atoms. The van der Waals surface area contributed by atoms with Crippen molar-refractivity contribution in [2.24, 2.45) is 10.9 Å². The summed E-state index contributed by atoms with van der Waals surface area (Å²) in [6, 6.07) is 0.0992. The Morgan fingerprint density at radius 2 is 1.84 bits per heavy atom. The molecule has 5 nitrogen and oxygen atoms in total. The lowest BCUT2D eigenvalue weighted by atomic mass is 10.1. The van der Waals surface area contributed by atoms with Crippen LogP contribution in [0.3, 0.4) is 0 Å².